The maximum Gasteiger partial charge on any atom is 0.329 e. The zero-order valence-corrected chi connectivity index (χ0v) is 10.1. The van der Waals surface area contributed by atoms with Crippen molar-refractivity contribution in [2.75, 3.05) is 5.32 Å². The third kappa shape index (κ3) is 2.30. The smallest absolute Gasteiger partial charge is 0.329 e. The van der Waals surface area contributed by atoms with Gasteiger partial charge in [0, 0.05) is 0 Å². The predicted molar refractivity (Wildman–Crippen MR) is 68.2 cm³/mol. The normalized spacial score (nSPS) is 17.7. The molecule has 0 amide bonds. The van der Waals surface area contributed by atoms with Gasteiger partial charge in [-0.1, -0.05) is 31.4 Å². The number of aliphatic carboxylic acids is 1. The van der Waals surface area contributed by atoms with Crippen LogP contribution in [0, 0.1) is 11.3 Å². The molecule has 4 heteroatoms. The molecule has 1 fully saturated rings. The Labute approximate surface area is 106 Å². The van der Waals surface area contributed by atoms with E-state index in [9.17, 15) is 9.90 Å². The van der Waals surface area contributed by atoms with E-state index in [1.807, 2.05) is 6.07 Å². The third-order valence-corrected chi connectivity index (χ3v) is 3.54. The van der Waals surface area contributed by atoms with Gasteiger partial charge in [-0.3, -0.25) is 0 Å². The number of para-hydroxylation sites is 1. The summed E-state index contributed by atoms with van der Waals surface area (Å²) >= 11 is 0. The van der Waals surface area contributed by atoms with Crippen LogP contribution in [-0.4, -0.2) is 16.6 Å². The third-order valence-electron chi connectivity index (χ3n) is 3.54. The van der Waals surface area contributed by atoms with Crippen LogP contribution < -0.4 is 5.32 Å². The molecular weight excluding hydrogens is 228 g/mol. The van der Waals surface area contributed by atoms with Crippen molar-refractivity contribution in [1.29, 1.82) is 5.26 Å². The van der Waals surface area contributed by atoms with Crippen LogP contribution in [0.25, 0.3) is 0 Å². The molecule has 0 spiro atoms. The number of benzene rings is 1. The van der Waals surface area contributed by atoms with Crippen molar-refractivity contribution in [2.24, 2.45) is 0 Å². The van der Waals surface area contributed by atoms with Crippen LogP contribution in [-0.2, 0) is 4.79 Å². The lowest BCUT2D eigenvalue weighted by atomic mass is 9.81. The number of nitrogens with one attached hydrogen (secondary N) is 1. The van der Waals surface area contributed by atoms with E-state index in [-0.39, 0.29) is 0 Å². The molecular formula is C14H16N2O2. The predicted octanol–water partition coefficient (Wildman–Crippen LogP) is 2.76. The molecule has 0 radical (unpaired) electrons. The number of nitriles is 1. The Morgan fingerprint density at radius 1 is 1.28 bits per heavy atom. The summed E-state index contributed by atoms with van der Waals surface area (Å²) < 4.78 is 0. The number of hydrogen-bond acceptors (Lipinski definition) is 3. The molecule has 1 aromatic carbocycles. The van der Waals surface area contributed by atoms with Crippen LogP contribution in [0.15, 0.2) is 24.3 Å². The van der Waals surface area contributed by atoms with Gasteiger partial charge in [0.15, 0.2) is 0 Å². The van der Waals surface area contributed by atoms with Crippen molar-refractivity contribution in [2.45, 2.75) is 37.6 Å². The van der Waals surface area contributed by atoms with Crippen LogP contribution in [0.4, 0.5) is 5.69 Å². The van der Waals surface area contributed by atoms with E-state index in [4.69, 9.17) is 5.26 Å². The highest BCUT2D eigenvalue weighted by Crippen LogP contribution is 2.32. The molecule has 0 saturated heterocycles. The number of carbonyl (C=O) groups is 1. The summed E-state index contributed by atoms with van der Waals surface area (Å²) in [7, 11) is 0. The van der Waals surface area contributed by atoms with Gasteiger partial charge in [0.25, 0.3) is 0 Å². The first-order valence-electron chi connectivity index (χ1n) is 6.19. The number of nitrogens with zero attached hydrogens (tertiary/aromatic N) is 1. The number of anilines is 1. The molecule has 0 heterocycles. The van der Waals surface area contributed by atoms with Crippen molar-refractivity contribution in [3.05, 3.63) is 29.8 Å². The lowest BCUT2D eigenvalue weighted by molar-refractivity contribution is -0.143. The maximum absolute atomic E-state index is 11.5. The van der Waals surface area contributed by atoms with Gasteiger partial charge < -0.3 is 10.4 Å². The van der Waals surface area contributed by atoms with Crippen LogP contribution >= 0.6 is 0 Å². The first-order chi connectivity index (χ1) is 8.68. The zero-order valence-electron chi connectivity index (χ0n) is 10.1. The molecule has 1 aliphatic carbocycles. The largest absolute Gasteiger partial charge is 0.480 e. The molecule has 0 atom stereocenters. The minimum Gasteiger partial charge on any atom is -0.480 e. The van der Waals surface area contributed by atoms with Gasteiger partial charge in [0.2, 0.25) is 0 Å². The number of rotatable bonds is 3. The quantitative estimate of drug-likeness (QED) is 0.857. The number of carboxylic acids is 1. The highest BCUT2D eigenvalue weighted by Gasteiger charge is 2.39. The second kappa shape index (κ2) is 5.09. The van der Waals surface area contributed by atoms with Crippen LogP contribution in [0.5, 0.6) is 0 Å². The average Bonchev–Trinajstić information content (AvgIpc) is 2.40. The van der Waals surface area contributed by atoms with E-state index in [0.29, 0.717) is 24.1 Å². The van der Waals surface area contributed by atoms with Crippen molar-refractivity contribution >= 4 is 11.7 Å². The van der Waals surface area contributed by atoms with Crippen molar-refractivity contribution in [1.82, 2.24) is 0 Å². The van der Waals surface area contributed by atoms with Crippen molar-refractivity contribution < 1.29 is 9.90 Å². The van der Waals surface area contributed by atoms with Gasteiger partial charge in [-0.15, -0.1) is 0 Å². The zero-order chi connectivity index (χ0) is 13.0. The van der Waals surface area contributed by atoms with Gasteiger partial charge in [0.05, 0.1) is 11.3 Å². The topological polar surface area (TPSA) is 73.1 Å². The van der Waals surface area contributed by atoms with Gasteiger partial charge in [0.1, 0.15) is 11.6 Å². The molecule has 4 nitrogen and oxygen atoms in total. The molecule has 2 rings (SSSR count). The highest BCUT2D eigenvalue weighted by molar-refractivity contribution is 5.83. The molecule has 2 N–H and O–H groups in total. The summed E-state index contributed by atoms with van der Waals surface area (Å²) in [4.78, 5) is 11.5. The summed E-state index contributed by atoms with van der Waals surface area (Å²) in [5.41, 5.74) is 0.193. The fraction of sp³-hybridized carbons (Fsp3) is 0.429. The van der Waals surface area contributed by atoms with Gasteiger partial charge in [-0.2, -0.15) is 5.26 Å². The van der Waals surface area contributed by atoms with Crippen LogP contribution in [0.1, 0.15) is 37.7 Å². The Bertz CT molecular complexity index is 485. The second-order valence-corrected chi connectivity index (χ2v) is 4.73. The van der Waals surface area contributed by atoms with E-state index in [2.05, 4.69) is 11.4 Å². The summed E-state index contributed by atoms with van der Waals surface area (Å²) in [5.74, 6) is -0.824. The fourth-order valence-corrected chi connectivity index (χ4v) is 2.50. The van der Waals surface area contributed by atoms with Crippen LogP contribution in [0.2, 0.25) is 0 Å². The Kier molecular flexibility index (Phi) is 3.52. The molecule has 0 aromatic heterocycles. The first kappa shape index (κ1) is 12.4. The number of carboxylic acid groups (broad SMARTS) is 1. The van der Waals surface area contributed by atoms with E-state index >= 15 is 0 Å². The first-order valence-corrected chi connectivity index (χ1v) is 6.19. The van der Waals surface area contributed by atoms with Crippen molar-refractivity contribution in [3.8, 4) is 6.07 Å². The molecule has 0 unspecified atom stereocenters. The Morgan fingerprint density at radius 2 is 1.94 bits per heavy atom. The summed E-state index contributed by atoms with van der Waals surface area (Å²) in [6, 6.07) is 9.13. The minimum absolute atomic E-state index is 0.490. The van der Waals surface area contributed by atoms with Gasteiger partial charge >= 0.3 is 5.97 Å². The summed E-state index contributed by atoms with van der Waals surface area (Å²) in [6.45, 7) is 0. The molecule has 1 aliphatic rings. The maximum atomic E-state index is 11.5. The van der Waals surface area contributed by atoms with Crippen LogP contribution in [0.3, 0.4) is 0 Å². The molecule has 94 valence electrons. The summed E-state index contributed by atoms with van der Waals surface area (Å²) in [5, 5.41) is 21.6. The van der Waals surface area contributed by atoms with Gasteiger partial charge in [-0.25, -0.2) is 4.79 Å². The second-order valence-electron chi connectivity index (χ2n) is 4.73. The minimum atomic E-state index is -0.912. The Morgan fingerprint density at radius 3 is 2.56 bits per heavy atom. The SMILES string of the molecule is N#Cc1ccccc1NC1(C(=O)O)CCCCC1. The Balaban J connectivity index is 2.29. The van der Waals surface area contributed by atoms with E-state index < -0.39 is 11.5 Å². The molecule has 0 bridgehead atoms. The van der Waals surface area contributed by atoms with Crippen molar-refractivity contribution in [3.63, 3.8) is 0 Å². The fourth-order valence-electron chi connectivity index (χ4n) is 2.50. The van der Waals surface area contributed by atoms with E-state index in [1.54, 1.807) is 18.2 Å². The molecule has 1 saturated carbocycles. The Hall–Kier alpha value is -2.02. The molecule has 18 heavy (non-hydrogen) atoms. The standard InChI is InChI=1S/C14H16N2O2/c15-10-11-6-2-3-7-12(11)16-14(13(17)18)8-4-1-5-9-14/h2-3,6-7,16H,1,4-5,8-9H2,(H,17,18). The lowest BCUT2D eigenvalue weighted by Crippen LogP contribution is -2.48. The average molecular weight is 244 g/mol. The summed E-state index contributed by atoms with van der Waals surface area (Å²) in [6.07, 6.45) is 4.13. The lowest BCUT2D eigenvalue weighted by Gasteiger charge is -2.35. The monoisotopic (exact) mass is 244 g/mol. The van der Waals surface area contributed by atoms with E-state index in [0.717, 1.165) is 19.3 Å². The molecule has 1 aromatic rings. The number of hydrogen-bond donors (Lipinski definition) is 2. The van der Waals surface area contributed by atoms with Gasteiger partial charge in [-0.05, 0) is 25.0 Å². The molecule has 0 aliphatic heterocycles. The van der Waals surface area contributed by atoms with E-state index in [1.165, 1.54) is 0 Å². The highest BCUT2D eigenvalue weighted by atomic mass is 16.4.